The van der Waals surface area contributed by atoms with Crippen LogP contribution < -0.4 is 5.32 Å². The normalized spacial score (nSPS) is 15.0. The van der Waals surface area contributed by atoms with E-state index < -0.39 is 28.0 Å². The van der Waals surface area contributed by atoms with E-state index in [1.165, 1.54) is 26.2 Å². The maximum absolute atomic E-state index is 12.8. The molecule has 1 N–H and O–H groups in total. The number of hydrogen-bond donors (Lipinski definition) is 1. The first-order valence-electron chi connectivity index (χ1n) is 8.98. The van der Waals surface area contributed by atoms with Gasteiger partial charge in [-0.2, -0.15) is 0 Å². The van der Waals surface area contributed by atoms with E-state index in [0.717, 1.165) is 23.2 Å². The van der Waals surface area contributed by atoms with E-state index in [4.69, 9.17) is 16.3 Å². The van der Waals surface area contributed by atoms with Gasteiger partial charge in [0.15, 0.2) is 0 Å². The molecular weight excluding hydrogens is 416 g/mol. The molecule has 1 saturated carbocycles. The van der Waals surface area contributed by atoms with Crippen molar-refractivity contribution < 1.29 is 22.7 Å². The predicted molar refractivity (Wildman–Crippen MR) is 108 cm³/mol. The Morgan fingerprint density at radius 1 is 1.14 bits per heavy atom. The number of ether oxygens (including phenoxy) is 1. The highest BCUT2D eigenvalue weighted by molar-refractivity contribution is 7.89. The number of benzene rings is 2. The van der Waals surface area contributed by atoms with Crippen LogP contribution >= 0.6 is 11.6 Å². The highest BCUT2D eigenvalue weighted by atomic mass is 35.5. The summed E-state index contributed by atoms with van der Waals surface area (Å²) in [5.41, 5.74) is 0.377. The molecule has 0 aromatic heterocycles. The lowest BCUT2D eigenvalue weighted by Crippen LogP contribution is -2.33. The van der Waals surface area contributed by atoms with Crippen LogP contribution in [0, 0.1) is 0 Å². The second-order valence-electron chi connectivity index (χ2n) is 6.91. The Morgan fingerprint density at radius 3 is 2.38 bits per heavy atom. The van der Waals surface area contributed by atoms with Gasteiger partial charge < -0.3 is 10.1 Å². The van der Waals surface area contributed by atoms with E-state index in [1.54, 1.807) is 30.3 Å². The highest BCUT2D eigenvalue weighted by Crippen LogP contribution is 2.27. The third-order valence-electron chi connectivity index (χ3n) is 4.43. The Kier molecular flexibility index (Phi) is 6.26. The molecule has 1 aliphatic rings. The number of carbonyl (C=O) groups excluding carboxylic acids is 2. The van der Waals surface area contributed by atoms with E-state index in [9.17, 15) is 18.0 Å². The number of halogens is 1. The SMILES string of the molecule is CN(C)S(=O)(=O)c1ccc(Cl)c(C(=O)O[C@H](C(=O)NC2CC2)c2ccccc2)c1. The molecule has 1 aliphatic carbocycles. The van der Waals surface area contributed by atoms with Gasteiger partial charge in [0.05, 0.1) is 15.5 Å². The first kappa shape index (κ1) is 21.3. The van der Waals surface area contributed by atoms with Crippen molar-refractivity contribution in [2.24, 2.45) is 0 Å². The third-order valence-corrected chi connectivity index (χ3v) is 6.57. The van der Waals surface area contributed by atoms with Gasteiger partial charge in [0.25, 0.3) is 5.91 Å². The molecule has 7 nitrogen and oxygen atoms in total. The molecular formula is C20H21ClN2O5S. The topological polar surface area (TPSA) is 92.8 Å². The van der Waals surface area contributed by atoms with Gasteiger partial charge in [0.1, 0.15) is 0 Å². The fraction of sp³-hybridized carbons (Fsp3) is 0.300. The van der Waals surface area contributed by atoms with E-state index in [1.807, 2.05) is 0 Å². The van der Waals surface area contributed by atoms with Gasteiger partial charge in [-0.25, -0.2) is 17.5 Å². The minimum absolute atomic E-state index is 0.0297. The summed E-state index contributed by atoms with van der Waals surface area (Å²) < 4.78 is 31.2. The minimum Gasteiger partial charge on any atom is -0.444 e. The van der Waals surface area contributed by atoms with Gasteiger partial charge in [-0.15, -0.1) is 0 Å². The molecule has 1 fully saturated rings. The quantitative estimate of drug-likeness (QED) is 0.673. The van der Waals surface area contributed by atoms with Crippen LogP contribution in [-0.4, -0.2) is 44.7 Å². The molecule has 9 heteroatoms. The molecule has 0 bridgehead atoms. The van der Waals surface area contributed by atoms with Crippen LogP contribution in [0.25, 0.3) is 0 Å². The standard InChI is InChI=1S/C20H21ClN2O5S/c1-23(2)29(26,27)15-10-11-17(21)16(12-15)20(25)28-18(13-6-4-3-5-7-13)19(24)22-14-8-9-14/h3-7,10-12,14,18H,8-9H2,1-2H3,(H,22,24)/t18-/m0/s1. The smallest absolute Gasteiger partial charge is 0.340 e. The number of amides is 1. The van der Waals surface area contributed by atoms with Gasteiger partial charge >= 0.3 is 5.97 Å². The number of sulfonamides is 1. The zero-order chi connectivity index (χ0) is 21.2. The van der Waals surface area contributed by atoms with Crippen molar-refractivity contribution >= 4 is 33.5 Å². The second-order valence-corrected chi connectivity index (χ2v) is 9.47. The van der Waals surface area contributed by atoms with Crippen LogP contribution in [0.4, 0.5) is 0 Å². The number of nitrogens with one attached hydrogen (secondary N) is 1. The van der Waals surface area contributed by atoms with Crippen molar-refractivity contribution in [1.29, 1.82) is 0 Å². The molecule has 0 spiro atoms. The molecule has 2 aromatic carbocycles. The Bertz CT molecular complexity index is 1020. The van der Waals surface area contributed by atoms with E-state index in [0.29, 0.717) is 5.56 Å². The summed E-state index contributed by atoms with van der Waals surface area (Å²) in [5, 5.41) is 2.85. The van der Waals surface area contributed by atoms with Crippen molar-refractivity contribution in [2.45, 2.75) is 29.9 Å². The molecule has 1 atom stereocenters. The van der Waals surface area contributed by atoms with Gasteiger partial charge in [0, 0.05) is 25.7 Å². The first-order chi connectivity index (χ1) is 13.7. The first-order valence-corrected chi connectivity index (χ1v) is 10.8. The Hall–Kier alpha value is -2.42. The summed E-state index contributed by atoms with van der Waals surface area (Å²) in [7, 11) is -0.998. The summed E-state index contributed by atoms with van der Waals surface area (Å²) in [6.07, 6.45) is 0.601. The fourth-order valence-electron chi connectivity index (χ4n) is 2.61. The zero-order valence-electron chi connectivity index (χ0n) is 16.0. The molecule has 0 saturated heterocycles. The molecule has 0 unspecified atom stereocenters. The lowest BCUT2D eigenvalue weighted by molar-refractivity contribution is -0.130. The largest absolute Gasteiger partial charge is 0.444 e. The van der Waals surface area contributed by atoms with Gasteiger partial charge in [0.2, 0.25) is 16.1 Å². The Labute approximate surface area is 174 Å². The molecule has 0 aliphatic heterocycles. The van der Waals surface area contributed by atoms with Gasteiger partial charge in [-0.05, 0) is 31.0 Å². The van der Waals surface area contributed by atoms with Gasteiger partial charge in [-0.1, -0.05) is 41.9 Å². The third kappa shape index (κ3) is 4.95. The number of nitrogens with zero attached hydrogens (tertiary/aromatic N) is 1. The lowest BCUT2D eigenvalue weighted by Gasteiger charge is -2.19. The summed E-state index contributed by atoms with van der Waals surface area (Å²) in [5.74, 6) is -1.31. The van der Waals surface area contributed by atoms with Crippen LogP contribution in [0.1, 0.15) is 34.9 Å². The van der Waals surface area contributed by atoms with Crippen molar-refractivity contribution in [3.8, 4) is 0 Å². The van der Waals surface area contributed by atoms with Crippen molar-refractivity contribution in [2.75, 3.05) is 14.1 Å². The molecule has 154 valence electrons. The van der Waals surface area contributed by atoms with Crippen LogP contribution in [0.15, 0.2) is 53.4 Å². The Balaban J connectivity index is 1.90. The molecule has 3 rings (SSSR count). The van der Waals surface area contributed by atoms with Crippen molar-refractivity contribution in [3.05, 3.63) is 64.7 Å². The van der Waals surface area contributed by atoms with Crippen molar-refractivity contribution in [1.82, 2.24) is 9.62 Å². The summed E-state index contributed by atoms with van der Waals surface area (Å²) >= 11 is 6.11. The molecule has 29 heavy (non-hydrogen) atoms. The minimum atomic E-state index is -3.77. The van der Waals surface area contributed by atoms with E-state index in [-0.39, 0.29) is 21.5 Å². The molecule has 1 amide bonds. The maximum atomic E-state index is 12.8. The van der Waals surface area contributed by atoms with Crippen LogP contribution in [-0.2, 0) is 19.6 Å². The summed E-state index contributed by atoms with van der Waals surface area (Å²) in [6.45, 7) is 0. The monoisotopic (exact) mass is 436 g/mol. The average Bonchev–Trinajstić information content (AvgIpc) is 3.50. The van der Waals surface area contributed by atoms with Gasteiger partial charge in [-0.3, -0.25) is 4.79 Å². The molecule has 0 heterocycles. The van der Waals surface area contributed by atoms with E-state index in [2.05, 4.69) is 5.32 Å². The Morgan fingerprint density at radius 2 is 1.79 bits per heavy atom. The van der Waals surface area contributed by atoms with Crippen LogP contribution in [0.2, 0.25) is 5.02 Å². The van der Waals surface area contributed by atoms with Crippen LogP contribution in [0.3, 0.4) is 0 Å². The molecule has 0 radical (unpaired) electrons. The number of hydrogen-bond acceptors (Lipinski definition) is 5. The zero-order valence-corrected chi connectivity index (χ0v) is 17.5. The fourth-order valence-corrected chi connectivity index (χ4v) is 3.73. The number of rotatable bonds is 7. The summed E-state index contributed by atoms with van der Waals surface area (Å²) in [4.78, 5) is 25.3. The average molecular weight is 437 g/mol. The van der Waals surface area contributed by atoms with Crippen molar-refractivity contribution in [3.63, 3.8) is 0 Å². The summed E-state index contributed by atoms with van der Waals surface area (Å²) in [6, 6.07) is 12.5. The molecule has 2 aromatic rings. The van der Waals surface area contributed by atoms with E-state index >= 15 is 0 Å². The second kappa shape index (κ2) is 8.52. The predicted octanol–water partition coefficient (Wildman–Crippen LogP) is 2.77. The lowest BCUT2D eigenvalue weighted by atomic mass is 10.1. The number of esters is 1. The number of carbonyl (C=O) groups is 2. The van der Waals surface area contributed by atoms with Crippen LogP contribution in [0.5, 0.6) is 0 Å². The maximum Gasteiger partial charge on any atom is 0.340 e. The highest BCUT2D eigenvalue weighted by Gasteiger charge is 2.32.